The number of hydrogen-bond donors (Lipinski definition) is 3. The van der Waals surface area contributed by atoms with E-state index in [0.717, 1.165) is 44.8 Å². The van der Waals surface area contributed by atoms with Crippen LogP contribution in [-0.4, -0.2) is 70.7 Å². The summed E-state index contributed by atoms with van der Waals surface area (Å²) in [7, 11) is 0. The van der Waals surface area contributed by atoms with Gasteiger partial charge < -0.3 is 16.0 Å². The third kappa shape index (κ3) is 3.96. The van der Waals surface area contributed by atoms with Crippen molar-refractivity contribution in [2.45, 2.75) is 25.4 Å². The molecule has 9 heteroatoms. The molecule has 1 aromatic carbocycles. The summed E-state index contributed by atoms with van der Waals surface area (Å²) in [5.74, 6) is 0.266. The van der Waals surface area contributed by atoms with Crippen LogP contribution in [0.15, 0.2) is 41.3 Å². The Morgan fingerprint density at radius 2 is 1.94 bits per heavy atom. The van der Waals surface area contributed by atoms with Gasteiger partial charge in [0.2, 0.25) is 0 Å². The standard InChI is InChI=1S/C22H29N7O2/c23-18-5-7-22(18)14-27(15-22)13-16-1-3-17(4-2-16)29-10-6-19(26-21(29)31)25-20(30)28-11-8-24-9-12-28/h1-4,6,10,18,24H,5,7-9,11-15,23H2,(H,25,26,30,31). The molecule has 2 saturated heterocycles. The van der Waals surface area contributed by atoms with E-state index in [-0.39, 0.29) is 11.8 Å². The van der Waals surface area contributed by atoms with E-state index in [1.165, 1.54) is 16.6 Å². The first-order valence-electron chi connectivity index (χ1n) is 11.0. The van der Waals surface area contributed by atoms with Gasteiger partial charge in [-0.25, -0.2) is 9.59 Å². The van der Waals surface area contributed by atoms with Crippen molar-refractivity contribution in [3.63, 3.8) is 0 Å². The van der Waals surface area contributed by atoms with Crippen molar-refractivity contribution in [2.24, 2.45) is 11.1 Å². The Morgan fingerprint density at radius 3 is 2.55 bits per heavy atom. The topological polar surface area (TPSA) is 109 Å². The highest BCUT2D eigenvalue weighted by molar-refractivity contribution is 5.88. The van der Waals surface area contributed by atoms with Crippen LogP contribution in [0, 0.1) is 5.41 Å². The van der Waals surface area contributed by atoms with E-state index in [4.69, 9.17) is 5.73 Å². The number of nitrogens with two attached hydrogens (primary N) is 1. The second-order valence-electron chi connectivity index (χ2n) is 8.95. The first kappa shape index (κ1) is 20.2. The van der Waals surface area contributed by atoms with Gasteiger partial charge in [-0.2, -0.15) is 4.98 Å². The highest BCUT2D eigenvalue weighted by Crippen LogP contribution is 2.47. The first-order valence-corrected chi connectivity index (χ1v) is 11.0. The summed E-state index contributed by atoms with van der Waals surface area (Å²) in [4.78, 5) is 33.0. The molecule has 1 atom stereocenters. The minimum Gasteiger partial charge on any atom is -0.327 e. The number of anilines is 1. The minimum absolute atomic E-state index is 0.230. The van der Waals surface area contributed by atoms with E-state index >= 15 is 0 Å². The van der Waals surface area contributed by atoms with Crippen LogP contribution in [0.25, 0.3) is 5.69 Å². The van der Waals surface area contributed by atoms with E-state index in [1.807, 2.05) is 24.3 Å². The lowest BCUT2D eigenvalue weighted by molar-refractivity contribution is -0.0820. The molecule has 0 radical (unpaired) electrons. The van der Waals surface area contributed by atoms with Gasteiger partial charge in [0.15, 0.2) is 0 Å². The Kier molecular flexibility index (Phi) is 5.25. The van der Waals surface area contributed by atoms with Crippen molar-refractivity contribution in [2.75, 3.05) is 44.6 Å². The van der Waals surface area contributed by atoms with Gasteiger partial charge in [-0.15, -0.1) is 0 Å². The largest absolute Gasteiger partial charge is 0.354 e. The predicted octanol–water partition coefficient (Wildman–Crippen LogP) is 0.593. The van der Waals surface area contributed by atoms with Gasteiger partial charge in [-0.05, 0) is 36.6 Å². The van der Waals surface area contributed by atoms with Gasteiger partial charge in [-0.3, -0.25) is 14.8 Å². The molecule has 1 spiro atoms. The zero-order valence-corrected chi connectivity index (χ0v) is 17.6. The van der Waals surface area contributed by atoms with Crippen LogP contribution < -0.4 is 22.1 Å². The average Bonchev–Trinajstić information content (AvgIpc) is 2.76. The maximum absolute atomic E-state index is 12.5. The molecular weight excluding hydrogens is 394 g/mol. The highest BCUT2D eigenvalue weighted by atomic mass is 16.2. The smallest absolute Gasteiger partial charge is 0.327 e. The second-order valence-corrected chi connectivity index (χ2v) is 8.95. The molecule has 2 amide bonds. The van der Waals surface area contributed by atoms with Crippen LogP contribution in [0.5, 0.6) is 0 Å². The van der Waals surface area contributed by atoms with Gasteiger partial charge in [0, 0.05) is 63.5 Å². The van der Waals surface area contributed by atoms with Crippen molar-refractivity contribution in [3.05, 3.63) is 52.6 Å². The Hall–Kier alpha value is -2.75. The molecule has 3 heterocycles. The van der Waals surface area contributed by atoms with Crippen molar-refractivity contribution >= 4 is 11.8 Å². The maximum Gasteiger partial charge on any atom is 0.354 e. The summed E-state index contributed by atoms with van der Waals surface area (Å²) in [6.07, 6.45) is 4.06. The third-order valence-corrected chi connectivity index (χ3v) is 6.88. The molecular formula is C22H29N7O2. The number of carbonyl (C=O) groups is 1. The van der Waals surface area contributed by atoms with Crippen LogP contribution in [0.3, 0.4) is 0 Å². The molecule has 164 valence electrons. The van der Waals surface area contributed by atoms with Crippen LogP contribution in [0.4, 0.5) is 10.6 Å². The van der Waals surface area contributed by atoms with E-state index in [2.05, 4.69) is 20.5 Å². The average molecular weight is 424 g/mol. The molecule has 1 aromatic heterocycles. The lowest BCUT2D eigenvalue weighted by atomic mass is 9.60. The van der Waals surface area contributed by atoms with Gasteiger partial charge in [0.1, 0.15) is 5.82 Å². The number of nitrogens with one attached hydrogen (secondary N) is 2. The Balaban J connectivity index is 1.20. The number of rotatable bonds is 4. The lowest BCUT2D eigenvalue weighted by Gasteiger charge is -2.59. The van der Waals surface area contributed by atoms with Crippen LogP contribution in [-0.2, 0) is 6.54 Å². The molecule has 1 unspecified atom stereocenters. The van der Waals surface area contributed by atoms with E-state index in [1.54, 1.807) is 17.2 Å². The molecule has 31 heavy (non-hydrogen) atoms. The molecule has 4 N–H and O–H groups in total. The predicted molar refractivity (Wildman–Crippen MR) is 118 cm³/mol. The molecule has 5 rings (SSSR count). The third-order valence-electron chi connectivity index (χ3n) is 6.88. The quantitative estimate of drug-likeness (QED) is 0.664. The van der Waals surface area contributed by atoms with Crippen LogP contribution >= 0.6 is 0 Å². The van der Waals surface area contributed by atoms with Crippen molar-refractivity contribution in [3.8, 4) is 5.69 Å². The molecule has 9 nitrogen and oxygen atoms in total. The summed E-state index contributed by atoms with van der Waals surface area (Å²) in [5.41, 5.74) is 8.08. The van der Waals surface area contributed by atoms with Crippen molar-refractivity contribution in [1.82, 2.24) is 24.7 Å². The van der Waals surface area contributed by atoms with Gasteiger partial charge >= 0.3 is 11.7 Å². The number of hydrogen-bond acceptors (Lipinski definition) is 6. The molecule has 3 aliphatic rings. The molecule has 3 fully saturated rings. The molecule has 0 bridgehead atoms. The zero-order valence-electron chi connectivity index (χ0n) is 17.6. The summed E-state index contributed by atoms with van der Waals surface area (Å²) in [5, 5.41) is 5.92. The number of carbonyl (C=O) groups excluding carboxylic acids is 1. The molecule has 2 aliphatic heterocycles. The fourth-order valence-electron chi connectivity index (χ4n) is 4.81. The van der Waals surface area contributed by atoms with Gasteiger partial charge in [-0.1, -0.05) is 12.1 Å². The number of urea groups is 1. The van der Waals surface area contributed by atoms with Gasteiger partial charge in [0.25, 0.3) is 0 Å². The second kappa shape index (κ2) is 8.07. The highest BCUT2D eigenvalue weighted by Gasteiger charge is 2.52. The zero-order chi connectivity index (χ0) is 21.4. The minimum atomic E-state index is -0.422. The number of likely N-dealkylation sites (tertiary alicyclic amines) is 1. The molecule has 2 aromatic rings. The maximum atomic E-state index is 12.5. The Bertz CT molecular complexity index is 1010. The SMILES string of the molecule is NC1CCC12CN(Cc1ccc(-n3ccc(NC(=O)N4CCNCC4)nc3=O)cc1)C2. The normalized spacial score (nSPS) is 22.6. The molecule has 1 aliphatic carbocycles. The number of benzene rings is 1. The van der Waals surface area contributed by atoms with Crippen molar-refractivity contribution in [1.29, 1.82) is 0 Å². The number of piperazine rings is 1. The van der Waals surface area contributed by atoms with Crippen LogP contribution in [0.1, 0.15) is 18.4 Å². The van der Waals surface area contributed by atoms with Crippen molar-refractivity contribution < 1.29 is 4.79 Å². The van der Waals surface area contributed by atoms with Gasteiger partial charge in [0.05, 0.1) is 5.69 Å². The summed E-state index contributed by atoms with van der Waals surface area (Å²) in [6.45, 7) is 5.88. The number of nitrogens with zero attached hydrogens (tertiary/aromatic N) is 4. The van der Waals surface area contributed by atoms with Crippen LogP contribution in [0.2, 0.25) is 0 Å². The number of amides is 2. The monoisotopic (exact) mass is 423 g/mol. The molecule has 1 saturated carbocycles. The fraction of sp³-hybridized carbons (Fsp3) is 0.500. The fourth-order valence-corrected chi connectivity index (χ4v) is 4.81. The van der Waals surface area contributed by atoms with E-state index < -0.39 is 5.69 Å². The lowest BCUT2D eigenvalue weighted by Crippen LogP contribution is -2.68. The van der Waals surface area contributed by atoms with E-state index in [0.29, 0.717) is 24.5 Å². The number of aromatic nitrogens is 2. The summed E-state index contributed by atoms with van der Waals surface area (Å²) in [6, 6.07) is 9.75. The Labute approximate surface area is 181 Å². The summed E-state index contributed by atoms with van der Waals surface area (Å²) >= 11 is 0. The first-order chi connectivity index (χ1) is 15.0. The van der Waals surface area contributed by atoms with E-state index in [9.17, 15) is 9.59 Å². The Morgan fingerprint density at radius 1 is 1.19 bits per heavy atom. The summed E-state index contributed by atoms with van der Waals surface area (Å²) < 4.78 is 1.48.